The van der Waals surface area contributed by atoms with Crippen molar-refractivity contribution in [1.29, 1.82) is 0 Å². The second-order valence-corrected chi connectivity index (χ2v) is 6.74. The lowest BCUT2D eigenvalue weighted by molar-refractivity contribution is -0.201. The van der Waals surface area contributed by atoms with Crippen LogP contribution in [0.2, 0.25) is 0 Å². The fourth-order valence-electron chi connectivity index (χ4n) is 4.78. The molecule has 3 aliphatic carbocycles. The van der Waals surface area contributed by atoms with Crippen LogP contribution in [0.25, 0.3) is 0 Å². The molecule has 0 saturated heterocycles. The Bertz CT molecular complexity index is 532. The molecular weight excluding hydrogens is 228 g/mol. The highest BCUT2D eigenvalue weighted by molar-refractivity contribution is 5.92. The van der Waals surface area contributed by atoms with Crippen molar-refractivity contribution < 1.29 is 14.6 Å². The molecule has 1 N–H and O–H groups in total. The van der Waals surface area contributed by atoms with Crippen LogP contribution in [-0.2, 0) is 9.53 Å². The van der Waals surface area contributed by atoms with E-state index in [1.54, 1.807) is 6.92 Å². The monoisotopic (exact) mass is 246 g/mol. The standard InChI is InChI=1S/C15H18O3/c1-7-9-4-12(9)14(3)6-15(17)11(5-10(7)14)8(2)13(16)18-15/h9-10,12,17H,1,4-6H2,2-3H3/t9-,10+,12-,14-,15-/m1/s1. The van der Waals surface area contributed by atoms with Gasteiger partial charge in [0.1, 0.15) is 0 Å². The Labute approximate surface area is 107 Å². The number of aliphatic hydroxyl groups is 1. The minimum atomic E-state index is -1.33. The zero-order valence-electron chi connectivity index (χ0n) is 10.8. The van der Waals surface area contributed by atoms with Crippen LogP contribution in [0, 0.1) is 23.2 Å². The summed E-state index contributed by atoms with van der Waals surface area (Å²) in [5, 5.41) is 10.7. The topological polar surface area (TPSA) is 46.5 Å². The second-order valence-electron chi connectivity index (χ2n) is 6.74. The van der Waals surface area contributed by atoms with Gasteiger partial charge in [0.25, 0.3) is 0 Å². The Morgan fingerprint density at radius 1 is 1.50 bits per heavy atom. The number of carbonyl (C=O) groups excluding carboxylic acids is 1. The van der Waals surface area contributed by atoms with Crippen molar-refractivity contribution in [3.8, 4) is 0 Å². The van der Waals surface area contributed by atoms with Crippen molar-refractivity contribution in [2.24, 2.45) is 23.2 Å². The Balaban J connectivity index is 1.82. The summed E-state index contributed by atoms with van der Waals surface area (Å²) >= 11 is 0. The molecule has 96 valence electrons. The summed E-state index contributed by atoms with van der Waals surface area (Å²) in [6, 6.07) is 0. The number of rotatable bonds is 0. The third-order valence-corrected chi connectivity index (χ3v) is 5.88. The van der Waals surface area contributed by atoms with Crippen LogP contribution in [0.1, 0.15) is 33.1 Å². The maximum atomic E-state index is 11.7. The third-order valence-electron chi connectivity index (χ3n) is 5.88. The highest BCUT2D eigenvalue weighted by Crippen LogP contribution is 2.73. The lowest BCUT2D eigenvalue weighted by Gasteiger charge is -2.45. The van der Waals surface area contributed by atoms with Crippen LogP contribution in [-0.4, -0.2) is 16.9 Å². The van der Waals surface area contributed by atoms with E-state index in [0.717, 1.165) is 12.0 Å². The first-order valence-corrected chi connectivity index (χ1v) is 6.71. The van der Waals surface area contributed by atoms with Crippen molar-refractivity contribution >= 4 is 5.97 Å². The molecule has 0 aromatic rings. The minimum Gasteiger partial charge on any atom is -0.426 e. The fraction of sp³-hybridized carbons (Fsp3) is 0.667. The van der Waals surface area contributed by atoms with Gasteiger partial charge in [0, 0.05) is 17.6 Å². The van der Waals surface area contributed by atoms with Gasteiger partial charge in [-0.1, -0.05) is 19.1 Å². The lowest BCUT2D eigenvalue weighted by atomic mass is 9.62. The first-order chi connectivity index (χ1) is 8.37. The summed E-state index contributed by atoms with van der Waals surface area (Å²) in [4.78, 5) is 11.7. The second kappa shape index (κ2) is 2.74. The van der Waals surface area contributed by atoms with Crippen LogP contribution in [0.15, 0.2) is 23.3 Å². The zero-order chi connectivity index (χ0) is 12.9. The van der Waals surface area contributed by atoms with E-state index in [1.165, 1.54) is 12.0 Å². The van der Waals surface area contributed by atoms with E-state index in [4.69, 9.17) is 4.74 Å². The van der Waals surface area contributed by atoms with E-state index in [0.29, 0.717) is 29.7 Å². The van der Waals surface area contributed by atoms with Crippen LogP contribution >= 0.6 is 0 Å². The highest BCUT2D eigenvalue weighted by atomic mass is 16.7. The summed E-state index contributed by atoms with van der Waals surface area (Å²) < 4.78 is 5.25. The Morgan fingerprint density at radius 2 is 2.22 bits per heavy atom. The molecule has 0 unspecified atom stereocenters. The van der Waals surface area contributed by atoms with Gasteiger partial charge in [-0.25, -0.2) is 4.79 Å². The fourth-order valence-corrected chi connectivity index (χ4v) is 4.78. The summed E-state index contributed by atoms with van der Waals surface area (Å²) in [5.74, 6) is 0.0266. The smallest absolute Gasteiger partial charge is 0.336 e. The van der Waals surface area contributed by atoms with Crippen molar-refractivity contribution in [3.63, 3.8) is 0 Å². The Morgan fingerprint density at radius 3 is 2.94 bits per heavy atom. The molecule has 3 saturated carbocycles. The van der Waals surface area contributed by atoms with E-state index in [2.05, 4.69) is 13.5 Å². The first kappa shape index (κ1) is 10.8. The zero-order valence-corrected chi connectivity index (χ0v) is 10.8. The van der Waals surface area contributed by atoms with Crippen molar-refractivity contribution in [3.05, 3.63) is 23.3 Å². The molecule has 0 bridgehead atoms. The average Bonchev–Trinajstić information content (AvgIpc) is 2.99. The number of hydrogen-bond donors (Lipinski definition) is 1. The molecule has 0 aromatic heterocycles. The maximum Gasteiger partial charge on any atom is 0.336 e. The first-order valence-electron chi connectivity index (χ1n) is 6.71. The van der Waals surface area contributed by atoms with Crippen LogP contribution in [0.5, 0.6) is 0 Å². The van der Waals surface area contributed by atoms with Gasteiger partial charge in [0.05, 0.1) is 0 Å². The number of carbonyl (C=O) groups is 1. The van der Waals surface area contributed by atoms with Gasteiger partial charge in [0.15, 0.2) is 0 Å². The Hall–Kier alpha value is -1.09. The molecule has 1 aliphatic heterocycles. The van der Waals surface area contributed by atoms with Crippen LogP contribution in [0.4, 0.5) is 0 Å². The summed E-state index contributed by atoms with van der Waals surface area (Å²) in [5.41, 5.74) is 2.81. The number of esters is 1. The van der Waals surface area contributed by atoms with E-state index >= 15 is 0 Å². The summed E-state index contributed by atoms with van der Waals surface area (Å²) in [7, 11) is 0. The van der Waals surface area contributed by atoms with E-state index < -0.39 is 5.79 Å². The molecule has 18 heavy (non-hydrogen) atoms. The SMILES string of the molecule is C=C1[C@H]2C[C@H]2[C@]2(C)C[C@@]3(O)OC(=O)C(C)=C3C[C@@H]12. The van der Waals surface area contributed by atoms with Gasteiger partial charge >= 0.3 is 5.97 Å². The number of fused-ring (bicyclic) bond motifs is 4. The minimum absolute atomic E-state index is 0.0604. The predicted octanol–water partition coefficient (Wildman–Crippen LogP) is 2.17. The van der Waals surface area contributed by atoms with Crippen molar-refractivity contribution in [2.75, 3.05) is 0 Å². The number of ether oxygens (including phenoxy) is 1. The largest absolute Gasteiger partial charge is 0.426 e. The number of hydrogen-bond acceptors (Lipinski definition) is 3. The number of allylic oxidation sites excluding steroid dienone is 1. The lowest BCUT2D eigenvalue weighted by Crippen LogP contribution is -2.46. The van der Waals surface area contributed by atoms with E-state index in [9.17, 15) is 9.90 Å². The van der Waals surface area contributed by atoms with Gasteiger partial charge in [-0.05, 0) is 42.9 Å². The van der Waals surface area contributed by atoms with Gasteiger partial charge < -0.3 is 9.84 Å². The van der Waals surface area contributed by atoms with E-state index in [1.807, 2.05) is 0 Å². The van der Waals surface area contributed by atoms with Gasteiger partial charge in [0.2, 0.25) is 5.79 Å². The van der Waals surface area contributed by atoms with Crippen LogP contribution < -0.4 is 0 Å². The van der Waals surface area contributed by atoms with Crippen LogP contribution in [0.3, 0.4) is 0 Å². The molecule has 3 nitrogen and oxygen atoms in total. The van der Waals surface area contributed by atoms with Gasteiger partial charge in [-0.2, -0.15) is 0 Å². The molecule has 3 fully saturated rings. The normalized spacial score (nSPS) is 52.9. The molecule has 3 heteroatoms. The molecule has 5 atom stereocenters. The predicted molar refractivity (Wildman–Crippen MR) is 65.3 cm³/mol. The highest BCUT2D eigenvalue weighted by Gasteiger charge is 2.68. The quantitative estimate of drug-likeness (QED) is 0.526. The molecule has 0 aromatic carbocycles. The van der Waals surface area contributed by atoms with Gasteiger partial charge in [-0.3, -0.25) is 0 Å². The molecule has 1 heterocycles. The molecule has 4 rings (SSSR count). The maximum absolute atomic E-state index is 11.7. The third kappa shape index (κ3) is 0.993. The molecular formula is C15H18O3. The van der Waals surface area contributed by atoms with E-state index in [-0.39, 0.29) is 11.4 Å². The summed E-state index contributed by atoms with van der Waals surface area (Å²) in [6.07, 6.45) is 2.49. The van der Waals surface area contributed by atoms with Crippen molar-refractivity contribution in [1.82, 2.24) is 0 Å². The van der Waals surface area contributed by atoms with Crippen molar-refractivity contribution in [2.45, 2.75) is 38.9 Å². The molecule has 0 spiro atoms. The molecule has 4 aliphatic rings. The molecule has 0 amide bonds. The van der Waals surface area contributed by atoms with Gasteiger partial charge in [-0.15, -0.1) is 0 Å². The average molecular weight is 246 g/mol. The summed E-state index contributed by atoms with van der Waals surface area (Å²) in [6.45, 7) is 8.25. The molecule has 0 radical (unpaired) electrons. The Kier molecular flexibility index (Phi) is 1.65.